The molecule has 19 heavy (non-hydrogen) atoms. The summed E-state index contributed by atoms with van der Waals surface area (Å²) in [6, 6.07) is 5.96. The van der Waals surface area contributed by atoms with Crippen LogP contribution in [0.2, 0.25) is 0 Å². The topological polar surface area (TPSA) is 83.9 Å². The molecular weight excluding hydrogens is 270 g/mol. The zero-order chi connectivity index (χ0) is 14.5. The Morgan fingerprint density at radius 1 is 1.42 bits per heavy atom. The van der Waals surface area contributed by atoms with Crippen molar-refractivity contribution in [1.82, 2.24) is 0 Å². The number of phenols is 1. The normalized spacial score (nSPS) is 11.1. The highest BCUT2D eigenvalue weighted by atomic mass is 32.2. The second-order valence-electron chi connectivity index (χ2n) is 3.83. The van der Waals surface area contributed by atoms with Gasteiger partial charge in [0.05, 0.1) is 25.0 Å². The van der Waals surface area contributed by atoms with Gasteiger partial charge in [-0.1, -0.05) is 6.07 Å². The van der Waals surface area contributed by atoms with Gasteiger partial charge in [0.15, 0.2) is 0 Å². The van der Waals surface area contributed by atoms with Gasteiger partial charge < -0.3 is 9.84 Å². The van der Waals surface area contributed by atoms with Crippen LogP contribution in [0, 0.1) is 0 Å². The first kappa shape index (κ1) is 15.3. The summed E-state index contributed by atoms with van der Waals surface area (Å²) in [5.74, 6) is -0.918. The maximum atomic E-state index is 12.1. The molecular formula is C12H17NO5S. The summed E-state index contributed by atoms with van der Waals surface area (Å²) in [6.07, 6.45) is -0.200. The smallest absolute Gasteiger partial charge is 0.306 e. The van der Waals surface area contributed by atoms with Gasteiger partial charge in [-0.3, -0.25) is 9.10 Å². The molecule has 1 aromatic carbocycles. The van der Waals surface area contributed by atoms with Gasteiger partial charge in [-0.15, -0.1) is 0 Å². The van der Waals surface area contributed by atoms with Crippen LogP contribution in [0.15, 0.2) is 24.3 Å². The number of esters is 1. The zero-order valence-corrected chi connectivity index (χ0v) is 11.7. The third kappa shape index (κ3) is 4.13. The number of anilines is 1. The number of hydrogen-bond acceptors (Lipinski definition) is 5. The number of phenolic OH excluding ortho intramolecular Hbond substituents is 1. The second kappa shape index (κ2) is 6.42. The zero-order valence-electron chi connectivity index (χ0n) is 10.9. The number of ether oxygens (including phenoxy) is 1. The summed E-state index contributed by atoms with van der Waals surface area (Å²) in [5.41, 5.74) is 0.368. The van der Waals surface area contributed by atoms with Crippen LogP contribution in [0.25, 0.3) is 0 Å². The van der Waals surface area contributed by atoms with Gasteiger partial charge in [0.2, 0.25) is 10.0 Å². The van der Waals surface area contributed by atoms with E-state index in [0.29, 0.717) is 5.69 Å². The summed E-state index contributed by atoms with van der Waals surface area (Å²) in [7, 11) is -2.42. The highest BCUT2D eigenvalue weighted by molar-refractivity contribution is 7.92. The molecule has 0 unspecified atom stereocenters. The highest BCUT2D eigenvalue weighted by Crippen LogP contribution is 2.22. The summed E-state index contributed by atoms with van der Waals surface area (Å²) >= 11 is 0. The van der Waals surface area contributed by atoms with Gasteiger partial charge in [-0.05, 0) is 19.1 Å². The maximum Gasteiger partial charge on any atom is 0.306 e. The van der Waals surface area contributed by atoms with Crippen molar-refractivity contribution < 1.29 is 23.1 Å². The number of nitrogens with zero attached hydrogens (tertiary/aromatic N) is 1. The van der Waals surface area contributed by atoms with Crippen LogP contribution in [-0.2, 0) is 19.6 Å². The molecule has 1 N–H and O–H groups in total. The molecule has 1 rings (SSSR count). The van der Waals surface area contributed by atoms with Crippen molar-refractivity contribution in [2.75, 3.05) is 23.7 Å². The average molecular weight is 287 g/mol. The molecule has 0 radical (unpaired) electrons. The Balaban J connectivity index is 2.92. The minimum absolute atomic E-state index is 0.0147. The lowest BCUT2D eigenvalue weighted by atomic mass is 10.3. The van der Waals surface area contributed by atoms with E-state index in [4.69, 9.17) is 0 Å². The van der Waals surface area contributed by atoms with E-state index in [1.807, 2.05) is 0 Å². The largest absolute Gasteiger partial charge is 0.508 e. The molecule has 0 amide bonds. The molecule has 0 aliphatic carbocycles. The first-order chi connectivity index (χ1) is 8.90. The Hall–Kier alpha value is -1.76. The van der Waals surface area contributed by atoms with E-state index in [2.05, 4.69) is 4.74 Å². The van der Waals surface area contributed by atoms with Gasteiger partial charge >= 0.3 is 5.97 Å². The monoisotopic (exact) mass is 287 g/mol. The third-order valence-electron chi connectivity index (χ3n) is 2.53. The predicted molar refractivity (Wildman–Crippen MR) is 71.5 cm³/mol. The number of benzene rings is 1. The van der Waals surface area contributed by atoms with Crippen molar-refractivity contribution >= 4 is 21.7 Å². The van der Waals surface area contributed by atoms with Crippen LogP contribution in [0.5, 0.6) is 5.75 Å². The molecule has 0 spiro atoms. The summed E-state index contributed by atoms with van der Waals surface area (Å²) in [4.78, 5) is 11.0. The minimum Gasteiger partial charge on any atom is -0.508 e. The molecule has 0 aliphatic heterocycles. The number of carbonyl (C=O) groups excluding carboxylic acids is 1. The van der Waals surface area contributed by atoms with Gasteiger partial charge in [0, 0.05) is 12.6 Å². The summed E-state index contributed by atoms with van der Waals surface area (Å²) in [6.45, 7) is 1.90. The van der Waals surface area contributed by atoms with Gasteiger partial charge in [0.25, 0.3) is 0 Å². The standard InChI is InChI=1S/C12H17NO5S/c1-3-13(10-5-4-6-11(14)9-10)19(16,17)8-7-12(15)18-2/h4-6,9,14H,3,7-8H2,1-2H3. The van der Waals surface area contributed by atoms with Crippen LogP contribution < -0.4 is 4.31 Å². The number of carbonyl (C=O) groups is 1. The van der Waals surface area contributed by atoms with Crippen LogP contribution >= 0.6 is 0 Å². The Labute approximate surface area is 112 Å². The van der Waals surface area contributed by atoms with E-state index in [-0.39, 0.29) is 24.5 Å². The molecule has 0 heterocycles. The number of methoxy groups -OCH3 is 1. The van der Waals surface area contributed by atoms with Crippen molar-refractivity contribution in [1.29, 1.82) is 0 Å². The minimum atomic E-state index is -3.63. The molecule has 0 bridgehead atoms. The fraction of sp³-hybridized carbons (Fsp3) is 0.417. The van der Waals surface area contributed by atoms with E-state index >= 15 is 0 Å². The SMILES string of the molecule is CCN(c1cccc(O)c1)S(=O)(=O)CCC(=O)OC. The lowest BCUT2D eigenvalue weighted by Crippen LogP contribution is -2.33. The highest BCUT2D eigenvalue weighted by Gasteiger charge is 2.22. The second-order valence-corrected chi connectivity index (χ2v) is 5.84. The summed E-state index contributed by atoms with van der Waals surface area (Å²) < 4.78 is 29.8. The van der Waals surface area contributed by atoms with Crippen molar-refractivity contribution in [2.45, 2.75) is 13.3 Å². The lowest BCUT2D eigenvalue weighted by Gasteiger charge is -2.22. The Bertz CT molecular complexity index is 541. The Morgan fingerprint density at radius 3 is 2.63 bits per heavy atom. The molecule has 0 fully saturated rings. The maximum absolute atomic E-state index is 12.1. The van der Waals surface area contributed by atoms with E-state index in [1.54, 1.807) is 19.1 Å². The van der Waals surface area contributed by atoms with E-state index < -0.39 is 16.0 Å². The van der Waals surface area contributed by atoms with Crippen molar-refractivity contribution in [2.24, 2.45) is 0 Å². The first-order valence-corrected chi connectivity index (χ1v) is 7.38. The quantitative estimate of drug-likeness (QED) is 0.792. The fourth-order valence-electron chi connectivity index (χ4n) is 1.61. The predicted octanol–water partition coefficient (Wildman–Crippen LogP) is 1.11. The average Bonchev–Trinajstić information content (AvgIpc) is 2.36. The van der Waals surface area contributed by atoms with Crippen molar-refractivity contribution in [3.63, 3.8) is 0 Å². The van der Waals surface area contributed by atoms with Gasteiger partial charge in [-0.2, -0.15) is 0 Å². The number of sulfonamides is 1. The Kier molecular flexibility index (Phi) is 5.17. The molecule has 0 atom stereocenters. The van der Waals surface area contributed by atoms with E-state index in [9.17, 15) is 18.3 Å². The van der Waals surface area contributed by atoms with Gasteiger partial charge in [-0.25, -0.2) is 8.42 Å². The molecule has 0 saturated heterocycles. The first-order valence-electron chi connectivity index (χ1n) is 5.77. The molecule has 7 heteroatoms. The lowest BCUT2D eigenvalue weighted by molar-refractivity contribution is -0.140. The number of rotatable bonds is 6. The third-order valence-corrected chi connectivity index (χ3v) is 4.39. The molecule has 0 aliphatic rings. The molecule has 0 saturated carbocycles. The van der Waals surface area contributed by atoms with Crippen molar-refractivity contribution in [3.8, 4) is 5.75 Å². The molecule has 1 aromatic rings. The van der Waals surface area contributed by atoms with Crippen LogP contribution in [0.3, 0.4) is 0 Å². The van der Waals surface area contributed by atoms with Crippen LogP contribution in [0.1, 0.15) is 13.3 Å². The fourth-order valence-corrected chi connectivity index (χ4v) is 3.09. The van der Waals surface area contributed by atoms with E-state index in [1.165, 1.54) is 19.2 Å². The summed E-state index contributed by atoms with van der Waals surface area (Å²) in [5, 5.41) is 9.38. The van der Waals surface area contributed by atoms with E-state index in [0.717, 1.165) is 4.31 Å². The Morgan fingerprint density at radius 2 is 2.11 bits per heavy atom. The number of hydrogen-bond donors (Lipinski definition) is 1. The van der Waals surface area contributed by atoms with Crippen molar-refractivity contribution in [3.05, 3.63) is 24.3 Å². The van der Waals surface area contributed by atoms with Crippen LogP contribution in [-0.4, -0.2) is 38.9 Å². The number of aromatic hydroxyl groups is 1. The van der Waals surface area contributed by atoms with Gasteiger partial charge in [0.1, 0.15) is 5.75 Å². The molecule has 0 aromatic heterocycles. The molecule has 106 valence electrons. The molecule has 6 nitrogen and oxygen atoms in total. The van der Waals surface area contributed by atoms with Crippen LogP contribution in [0.4, 0.5) is 5.69 Å².